The van der Waals surface area contributed by atoms with Crippen LogP contribution < -0.4 is 5.32 Å². The number of rotatable bonds is 2. The average Bonchev–Trinajstić information content (AvgIpc) is 2.92. The second-order valence-corrected chi connectivity index (χ2v) is 4.92. The lowest BCUT2D eigenvalue weighted by Crippen LogP contribution is -2.26. The molecule has 4 nitrogen and oxygen atoms in total. The molecule has 0 aliphatic carbocycles. The van der Waals surface area contributed by atoms with Gasteiger partial charge in [0.05, 0.1) is 6.04 Å². The van der Waals surface area contributed by atoms with E-state index in [0.717, 1.165) is 24.9 Å². The number of benzene rings is 1. The Kier molecular flexibility index (Phi) is 3.29. The summed E-state index contributed by atoms with van der Waals surface area (Å²) in [7, 11) is 0. The Labute approximate surface area is 111 Å². The summed E-state index contributed by atoms with van der Waals surface area (Å²) in [5.74, 6) is 0.764. The van der Waals surface area contributed by atoms with Gasteiger partial charge < -0.3 is 9.84 Å². The molecule has 1 aromatic carbocycles. The third kappa shape index (κ3) is 2.51. The molecule has 1 N–H and O–H groups in total. The molecule has 0 bridgehead atoms. The van der Waals surface area contributed by atoms with Gasteiger partial charge in [0.2, 0.25) is 11.7 Å². The number of aryl methyl sites for hydroxylation is 1. The van der Waals surface area contributed by atoms with Gasteiger partial charge >= 0.3 is 0 Å². The van der Waals surface area contributed by atoms with Gasteiger partial charge in [0, 0.05) is 5.56 Å². The highest BCUT2D eigenvalue weighted by Gasteiger charge is 2.21. The molecule has 1 saturated heterocycles. The molecule has 0 amide bonds. The molecule has 1 atom stereocenters. The van der Waals surface area contributed by atoms with Crippen molar-refractivity contribution in [2.75, 3.05) is 6.54 Å². The highest BCUT2D eigenvalue weighted by Crippen LogP contribution is 2.26. The van der Waals surface area contributed by atoms with Gasteiger partial charge in [-0.05, 0) is 44.0 Å². The summed E-state index contributed by atoms with van der Waals surface area (Å²) in [5.41, 5.74) is 1.62. The first-order chi connectivity index (χ1) is 9.24. The van der Waals surface area contributed by atoms with E-state index >= 15 is 0 Å². The maximum Gasteiger partial charge on any atom is 0.244 e. The van der Waals surface area contributed by atoms with Crippen LogP contribution in [0.15, 0.2) is 22.7 Å². The second-order valence-electron chi connectivity index (χ2n) is 4.92. The number of aromatic nitrogens is 2. The lowest BCUT2D eigenvalue weighted by atomic mass is 10.1. The Morgan fingerprint density at radius 3 is 3.05 bits per heavy atom. The third-order valence-corrected chi connectivity index (χ3v) is 3.49. The molecule has 19 heavy (non-hydrogen) atoms. The molecule has 0 saturated carbocycles. The highest BCUT2D eigenvalue weighted by atomic mass is 19.1. The largest absolute Gasteiger partial charge is 0.337 e. The predicted molar refractivity (Wildman–Crippen MR) is 69.0 cm³/mol. The van der Waals surface area contributed by atoms with E-state index in [0.29, 0.717) is 17.3 Å². The molecule has 0 spiro atoms. The van der Waals surface area contributed by atoms with E-state index in [9.17, 15) is 4.39 Å². The molecule has 2 aromatic rings. The van der Waals surface area contributed by atoms with E-state index < -0.39 is 0 Å². The first kappa shape index (κ1) is 12.3. The van der Waals surface area contributed by atoms with Crippen LogP contribution in [-0.2, 0) is 0 Å². The minimum absolute atomic E-state index is 0.129. The Morgan fingerprint density at radius 1 is 1.37 bits per heavy atom. The van der Waals surface area contributed by atoms with Crippen LogP contribution in [0.5, 0.6) is 0 Å². The third-order valence-electron chi connectivity index (χ3n) is 3.49. The van der Waals surface area contributed by atoms with Gasteiger partial charge in [-0.25, -0.2) is 4.39 Å². The Morgan fingerprint density at radius 2 is 2.26 bits per heavy atom. The van der Waals surface area contributed by atoms with Gasteiger partial charge in [0.15, 0.2) is 0 Å². The quantitative estimate of drug-likeness (QED) is 0.902. The monoisotopic (exact) mass is 261 g/mol. The van der Waals surface area contributed by atoms with E-state index in [1.807, 2.05) is 6.92 Å². The zero-order valence-electron chi connectivity index (χ0n) is 10.8. The van der Waals surface area contributed by atoms with E-state index in [2.05, 4.69) is 15.5 Å². The minimum atomic E-state index is -0.289. The van der Waals surface area contributed by atoms with Gasteiger partial charge in [-0.2, -0.15) is 4.98 Å². The molecular weight excluding hydrogens is 245 g/mol. The number of hydrogen-bond donors (Lipinski definition) is 1. The molecule has 1 aliphatic rings. The van der Waals surface area contributed by atoms with Crippen LogP contribution in [0.2, 0.25) is 0 Å². The number of halogens is 1. The Bertz CT molecular complexity index is 576. The van der Waals surface area contributed by atoms with Crippen LogP contribution in [0.1, 0.15) is 36.8 Å². The molecule has 2 heterocycles. The van der Waals surface area contributed by atoms with Crippen LogP contribution >= 0.6 is 0 Å². The summed E-state index contributed by atoms with van der Waals surface area (Å²) in [6.45, 7) is 2.88. The SMILES string of the molecule is Cc1ccc(F)cc1-c1noc(C2CCCCN2)n1. The zero-order valence-corrected chi connectivity index (χ0v) is 10.8. The van der Waals surface area contributed by atoms with Crippen molar-refractivity contribution in [1.29, 1.82) is 0 Å². The summed E-state index contributed by atoms with van der Waals surface area (Å²) in [6, 6.07) is 4.73. The summed E-state index contributed by atoms with van der Waals surface area (Å²) >= 11 is 0. The van der Waals surface area contributed by atoms with E-state index in [1.54, 1.807) is 6.07 Å². The van der Waals surface area contributed by atoms with Gasteiger partial charge in [-0.3, -0.25) is 0 Å². The second kappa shape index (κ2) is 5.09. The van der Waals surface area contributed by atoms with Crippen molar-refractivity contribution in [2.24, 2.45) is 0 Å². The Hall–Kier alpha value is -1.75. The average molecular weight is 261 g/mol. The van der Waals surface area contributed by atoms with Crippen molar-refractivity contribution in [3.63, 3.8) is 0 Å². The fraction of sp³-hybridized carbons (Fsp3) is 0.429. The van der Waals surface area contributed by atoms with Crippen molar-refractivity contribution in [1.82, 2.24) is 15.5 Å². The molecule has 1 fully saturated rings. The van der Waals surface area contributed by atoms with Crippen molar-refractivity contribution in [3.8, 4) is 11.4 Å². The molecule has 1 unspecified atom stereocenters. The van der Waals surface area contributed by atoms with Crippen LogP contribution in [0.25, 0.3) is 11.4 Å². The van der Waals surface area contributed by atoms with E-state index in [-0.39, 0.29) is 11.9 Å². The van der Waals surface area contributed by atoms with Gasteiger partial charge in [-0.15, -0.1) is 0 Å². The fourth-order valence-corrected chi connectivity index (χ4v) is 2.38. The number of hydrogen-bond acceptors (Lipinski definition) is 4. The summed E-state index contributed by atoms with van der Waals surface area (Å²) in [4.78, 5) is 4.40. The van der Waals surface area contributed by atoms with Gasteiger partial charge in [0.25, 0.3) is 0 Å². The molecule has 5 heteroatoms. The van der Waals surface area contributed by atoms with E-state index in [1.165, 1.54) is 18.6 Å². The summed E-state index contributed by atoms with van der Waals surface area (Å²) in [6.07, 6.45) is 3.35. The topological polar surface area (TPSA) is 51.0 Å². The molecular formula is C14H16FN3O. The maximum atomic E-state index is 13.3. The smallest absolute Gasteiger partial charge is 0.244 e. The number of nitrogens with one attached hydrogen (secondary N) is 1. The maximum absolute atomic E-state index is 13.3. The lowest BCUT2D eigenvalue weighted by Gasteiger charge is -2.19. The molecule has 3 rings (SSSR count). The standard InChI is InChI=1S/C14H16FN3O/c1-9-5-6-10(15)8-11(9)13-17-14(19-18-13)12-4-2-3-7-16-12/h5-6,8,12,16H,2-4,7H2,1H3. The summed E-state index contributed by atoms with van der Waals surface area (Å²) in [5, 5.41) is 7.33. The van der Waals surface area contributed by atoms with Crippen LogP contribution in [0.4, 0.5) is 4.39 Å². The van der Waals surface area contributed by atoms with Gasteiger partial charge in [-0.1, -0.05) is 17.6 Å². The van der Waals surface area contributed by atoms with Gasteiger partial charge in [0.1, 0.15) is 5.82 Å². The molecule has 100 valence electrons. The molecule has 0 radical (unpaired) electrons. The Balaban J connectivity index is 1.89. The number of nitrogens with zero attached hydrogens (tertiary/aromatic N) is 2. The molecule has 1 aliphatic heterocycles. The van der Waals surface area contributed by atoms with Crippen molar-refractivity contribution >= 4 is 0 Å². The molecule has 1 aromatic heterocycles. The van der Waals surface area contributed by atoms with E-state index in [4.69, 9.17) is 4.52 Å². The van der Waals surface area contributed by atoms with Crippen molar-refractivity contribution < 1.29 is 8.91 Å². The fourth-order valence-electron chi connectivity index (χ4n) is 2.38. The lowest BCUT2D eigenvalue weighted by molar-refractivity contribution is 0.297. The van der Waals surface area contributed by atoms with Crippen molar-refractivity contribution in [3.05, 3.63) is 35.5 Å². The summed E-state index contributed by atoms with van der Waals surface area (Å²) < 4.78 is 18.6. The highest BCUT2D eigenvalue weighted by molar-refractivity contribution is 5.59. The zero-order chi connectivity index (χ0) is 13.2. The normalized spacial score (nSPS) is 19.6. The van der Waals surface area contributed by atoms with Crippen LogP contribution in [0, 0.1) is 12.7 Å². The van der Waals surface area contributed by atoms with Crippen molar-refractivity contribution in [2.45, 2.75) is 32.2 Å². The van der Waals surface area contributed by atoms with Crippen LogP contribution in [0.3, 0.4) is 0 Å². The predicted octanol–water partition coefficient (Wildman–Crippen LogP) is 3.00. The van der Waals surface area contributed by atoms with Crippen LogP contribution in [-0.4, -0.2) is 16.7 Å². The number of piperidine rings is 1. The first-order valence-electron chi connectivity index (χ1n) is 6.57. The minimum Gasteiger partial charge on any atom is -0.337 e. The first-order valence-corrected chi connectivity index (χ1v) is 6.57.